The minimum atomic E-state index is -0.812. The van der Waals surface area contributed by atoms with Crippen molar-refractivity contribution in [1.82, 2.24) is 0 Å². The molecule has 1 atom stereocenters. The smallest absolute Gasteiger partial charge is 0.176 e. The molecule has 22 heavy (non-hydrogen) atoms. The second-order valence-electron chi connectivity index (χ2n) is 5.35. The van der Waals surface area contributed by atoms with Crippen molar-refractivity contribution < 1.29 is 4.74 Å². The van der Waals surface area contributed by atoms with Crippen molar-refractivity contribution in [3.63, 3.8) is 0 Å². The summed E-state index contributed by atoms with van der Waals surface area (Å²) in [7, 11) is 1.57. The Morgan fingerprint density at radius 1 is 0.955 bits per heavy atom. The summed E-state index contributed by atoms with van der Waals surface area (Å²) in [6, 6.07) is 21.0. The van der Waals surface area contributed by atoms with E-state index in [1.165, 1.54) is 11.1 Å². The lowest BCUT2D eigenvalue weighted by atomic mass is 9.90. The van der Waals surface area contributed by atoms with Crippen LogP contribution in [0.2, 0.25) is 0 Å². The lowest BCUT2D eigenvalue weighted by Gasteiger charge is -2.23. The van der Waals surface area contributed by atoms with Crippen molar-refractivity contribution >= 4 is 5.57 Å². The summed E-state index contributed by atoms with van der Waals surface area (Å²) < 4.78 is 5.30. The van der Waals surface area contributed by atoms with Crippen LogP contribution in [0.4, 0.5) is 0 Å². The highest BCUT2D eigenvalue weighted by Crippen LogP contribution is 2.29. The highest BCUT2D eigenvalue weighted by atomic mass is 16.5. The number of nitriles is 1. The van der Waals surface area contributed by atoms with Crippen LogP contribution < -0.4 is 0 Å². The molecule has 1 unspecified atom stereocenters. The average molecular weight is 287 g/mol. The van der Waals surface area contributed by atoms with E-state index in [1.807, 2.05) is 30.4 Å². The van der Waals surface area contributed by atoms with Gasteiger partial charge < -0.3 is 4.74 Å². The first kappa shape index (κ1) is 14.3. The van der Waals surface area contributed by atoms with E-state index in [0.29, 0.717) is 6.42 Å². The van der Waals surface area contributed by atoms with Gasteiger partial charge in [0.05, 0.1) is 0 Å². The predicted octanol–water partition coefficient (Wildman–Crippen LogP) is 4.61. The van der Waals surface area contributed by atoms with Crippen molar-refractivity contribution in [2.75, 3.05) is 7.11 Å². The quantitative estimate of drug-likeness (QED) is 0.826. The number of hydrogen-bond acceptors (Lipinski definition) is 2. The standard InChI is InChI=1S/C20H17NO/c1-22-20(15-21)13-11-19(12-14-20)18-9-7-17(8-10-18)16-5-3-2-4-6-16/h2-13H,14H2,1H3. The summed E-state index contributed by atoms with van der Waals surface area (Å²) in [5, 5.41) is 9.21. The molecule has 2 heteroatoms. The van der Waals surface area contributed by atoms with E-state index in [9.17, 15) is 5.26 Å². The normalized spacial score (nSPS) is 20.3. The summed E-state index contributed by atoms with van der Waals surface area (Å²) in [5.41, 5.74) is 3.88. The Morgan fingerprint density at radius 2 is 1.59 bits per heavy atom. The second kappa shape index (κ2) is 6.01. The number of methoxy groups -OCH3 is 1. The highest BCUT2D eigenvalue weighted by Gasteiger charge is 2.27. The van der Waals surface area contributed by atoms with Gasteiger partial charge in [0, 0.05) is 13.5 Å². The minimum absolute atomic E-state index is 0.576. The first-order valence-corrected chi connectivity index (χ1v) is 7.28. The molecule has 2 aromatic carbocycles. The maximum atomic E-state index is 9.21. The summed E-state index contributed by atoms with van der Waals surface area (Å²) in [5.74, 6) is 0. The van der Waals surface area contributed by atoms with E-state index in [2.05, 4.69) is 48.5 Å². The number of benzene rings is 2. The SMILES string of the molecule is COC1(C#N)C=CC(c2ccc(-c3ccccc3)cc2)=CC1. The van der Waals surface area contributed by atoms with Gasteiger partial charge in [-0.1, -0.05) is 66.7 Å². The van der Waals surface area contributed by atoms with Crippen LogP contribution in [0.3, 0.4) is 0 Å². The monoisotopic (exact) mass is 287 g/mol. The van der Waals surface area contributed by atoms with Gasteiger partial charge in [0.25, 0.3) is 0 Å². The van der Waals surface area contributed by atoms with Crippen molar-refractivity contribution in [3.8, 4) is 17.2 Å². The molecule has 2 nitrogen and oxygen atoms in total. The van der Waals surface area contributed by atoms with Gasteiger partial charge in [0.1, 0.15) is 6.07 Å². The predicted molar refractivity (Wildman–Crippen MR) is 89.0 cm³/mol. The van der Waals surface area contributed by atoms with E-state index >= 15 is 0 Å². The Bertz CT molecular complexity index is 751. The van der Waals surface area contributed by atoms with Crippen molar-refractivity contribution in [2.45, 2.75) is 12.0 Å². The molecule has 0 heterocycles. The van der Waals surface area contributed by atoms with Gasteiger partial charge in [0.15, 0.2) is 5.60 Å². The molecule has 0 amide bonds. The lowest BCUT2D eigenvalue weighted by Crippen LogP contribution is -2.27. The Morgan fingerprint density at radius 3 is 2.14 bits per heavy atom. The maximum absolute atomic E-state index is 9.21. The third kappa shape index (κ3) is 2.72. The van der Waals surface area contributed by atoms with Crippen molar-refractivity contribution in [3.05, 3.63) is 78.4 Å². The van der Waals surface area contributed by atoms with Crippen molar-refractivity contribution in [1.29, 1.82) is 5.26 Å². The van der Waals surface area contributed by atoms with Gasteiger partial charge in [-0.25, -0.2) is 0 Å². The minimum Gasteiger partial charge on any atom is -0.359 e. The molecule has 0 fully saturated rings. The molecule has 0 aliphatic heterocycles. The molecule has 108 valence electrons. The third-order valence-electron chi connectivity index (χ3n) is 4.04. The molecule has 0 aromatic heterocycles. The molecule has 3 rings (SSSR count). The molecular formula is C20H17NO. The molecule has 1 aliphatic rings. The molecule has 0 bridgehead atoms. The van der Waals surface area contributed by atoms with Crippen LogP contribution in [0.25, 0.3) is 16.7 Å². The van der Waals surface area contributed by atoms with E-state index < -0.39 is 5.60 Å². The molecule has 0 N–H and O–H groups in total. The van der Waals surface area contributed by atoms with Crippen LogP contribution in [0.5, 0.6) is 0 Å². The zero-order valence-electron chi connectivity index (χ0n) is 12.5. The van der Waals surface area contributed by atoms with Crippen LogP contribution >= 0.6 is 0 Å². The number of nitrogens with zero attached hydrogens (tertiary/aromatic N) is 1. The van der Waals surface area contributed by atoms with Gasteiger partial charge >= 0.3 is 0 Å². The Kier molecular flexibility index (Phi) is 3.91. The third-order valence-corrected chi connectivity index (χ3v) is 4.04. The van der Waals surface area contributed by atoms with Gasteiger partial charge in [-0.2, -0.15) is 5.26 Å². The Balaban J connectivity index is 1.82. The summed E-state index contributed by atoms with van der Waals surface area (Å²) in [6.07, 6.45) is 6.44. The van der Waals surface area contributed by atoms with Crippen LogP contribution in [0.1, 0.15) is 12.0 Å². The van der Waals surface area contributed by atoms with Gasteiger partial charge in [-0.15, -0.1) is 0 Å². The van der Waals surface area contributed by atoms with Crippen LogP contribution in [0.15, 0.2) is 72.8 Å². The largest absolute Gasteiger partial charge is 0.359 e. The van der Waals surface area contributed by atoms with Gasteiger partial charge in [-0.05, 0) is 28.3 Å². The Labute approximate surface area is 131 Å². The second-order valence-corrected chi connectivity index (χ2v) is 5.35. The van der Waals surface area contributed by atoms with Gasteiger partial charge in [-0.3, -0.25) is 0 Å². The first-order chi connectivity index (χ1) is 10.8. The van der Waals surface area contributed by atoms with E-state index in [1.54, 1.807) is 7.11 Å². The lowest BCUT2D eigenvalue weighted by molar-refractivity contribution is 0.0827. The molecular weight excluding hydrogens is 270 g/mol. The van der Waals surface area contributed by atoms with Crippen LogP contribution in [0, 0.1) is 11.3 Å². The molecule has 1 aliphatic carbocycles. The van der Waals surface area contributed by atoms with Gasteiger partial charge in [0.2, 0.25) is 0 Å². The summed E-state index contributed by atoms with van der Waals surface area (Å²) in [6.45, 7) is 0. The summed E-state index contributed by atoms with van der Waals surface area (Å²) >= 11 is 0. The van der Waals surface area contributed by atoms with Crippen LogP contribution in [-0.4, -0.2) is 12.7 Å². The zero-order valence-corrected chi connectivity index (χ0v) is 12.5. The summed E-state index contributed by atoms with van der Waals surface area (Å²) in [4.78, 5) is 0. The molecule has 0 spiro atoms. The van der Waals surface area contributed by atoms with E-state index in [-0.39, 0.29) is 0 Å². The van der Waals surface area contributed by atoms with E-state index in [0.717, 1.165) is 11.1 Å². The maximum Gasteiger partial charge on any atom is 0.176 e. The fraction of sp³-hybridized carbons (Fsp3) is 0.150. The zero-order chi connectivity index (χ0) is 15.4. The fourth-order valence-electron chi connectivity index (χ4n) is 2.60. The van der Waals surface area contributed by atoms with E-state index in [4.69, 9.17) is 4.74 Å². The molecule has 0 saturated heterocycles. The molecule has 0 saturated carbocycles. The highest BCUT2D eigenvalue weighted by molar-refractivity contribution is 5.77. The first-order valence-electron chi connectivity index (χ1n) is 7.28. The average Bonchev–Trinajstić information content (AvgIpc) is 2.63. The van der Waals surface area contributed by atoms with Crippen LogP contribution in [-0.2, 0) is 4.74 Å². The fourth-order valence-corrected chi connectivity index (χ4v) is 2.60. The number of allylic oxidation sites excluding steroid dienone is 2. The van der Waals surface area contributed by atoms with Crippen molar-refractivity contribution in [2.24, 2.45) is 0 Å². The molecule has 0 radical (unpaired) electrons. The number of ether oxygens (including phenoxy) is 1. The molecule has 2 aromatic rings. The number of hydrogen-bond donors (Lipinski definition) is 0. The number of rotatable bonds is 3. The topological polar surface area (TPSA) is 33.0 Å². The Hall–Kier alpha value is -2.63.